The third-order valence-electron chi connectivity index (χ3n) is 3.74. The van der Waals surface area contributed by atoms with Crippen LogP contribution in [-0.4, -0.2) is 17.0 Å². The highest BCUT2D eigenvalue weighted by Crippen LogP contribution is 2.30. The molecule has 0 unspecified atom stereocenters. The van der Waals surface area contributed by atoms with E-state index in [0.717, 1.165) is 18.5 Å². The average molecular weight is 315 g/mol. The minimum atomic E-state index is -4.27. The van der Waals surface area contributed by atoms with Gasteiger partial charge in [0.15, 0.2) is 0 Å². The van der Waals surface area contributed by atoms with Gasteiger partial charge in [-0.25, -0.2) is 0 Å². The summed E-state index contributed by atoms with van der Waals surface area (Å²) in [4.78, 5) is 2.32. The van der Waals surface area contributed by atoms with Crippen LogP contribution in [0, 0.1) is 5.41 Å². The van der Waals surface area contributed by atoms with Crippen LogP contribution in [0.15, 0.2) is 24.3 Å². The first-order chi connectivity index (χ1) is 9.79. The van der Waals surface area contributed by atoms with Gasteiger partial charge in [0.25, 0.3) is 0 Å². The molecule has 0 N–H and O–H groups in total. The SMILES string of the molecule is CC(C)(C)CCN(Cc1ccc(C(F)(F)F)cc1)C(C)(C)C. The number of nitrogens with zero attached hydrogens (tertiary/aromatic N) is 1. The normalized spacial score (nSPS) is 13.7. The smallest absolute Gasteiger partial charge is 0.294 e. The van der Waals surface area contributed by atoms with Gasteiger partial charge in [-0.2, -0.15) is 13.2 Å². The fourth-order valence-electron chi connectivity index (χ4n) is 2.14. The number of hydrogen-bond donors (Lipinski definition) is 0. The van der Waals surface area contributed by atoms with E-state index >= 15 is 0 Å². The zero-order valence-electron chi connectivity index (χ0n) is 14.5. The van der Waals surface area contributed by atoms with E-state index < -0.39 is 11.7 Å². The Bertz CT molecular complexity index is 461. The van der Waals surface area contributed by atoms with Crippen molar-refractivity contribution in [2.45, 2.75) is 66.2 Å². The van der Waals surface area contributed by atoms with E-state index in [-0.39, 0.29) is 11.0 Å². The minimum Gasteiger partial charge on any atom is -0.294 e. The van der Waals surface area contributed by atoms with Gasteiger partial charge in [-0.1, -0.05) is 32.9 Å². The third kappa shape index (κ3) is 6.39. The Hall–Kier alpha value is -1.03. The zero-order chi connectivity index (χ0) is 17.2. The molecule has 0 atom stereocenters. The Labute approximate surface area is 132 Å². The summed E-state index contributed by atoms with van der Waals surface area (Å²) in [7, 11) is 0. The van der Waals surface area contributed by atoms with E-state index in [4.69, 9.17) is 0 Å². The third-order valence-corrected chi connectivity index (χ3v) is 3.74. The number of alkyl halides is 3. The average Bonchev–Trinajstić information content (AvgIpc) is 2.31. The summed E-state index contributed by atoms with van der Waals surface area (Å²) in [5.41, 5.74) is 0.544. The fourth-order valence-corrected chi connectivity index (χ4v) is 2.14. The second-order valence-corrected chi connectivity index (χ2v) is 8.10. The standard InChI is InChI=1S/C18H28F3N/c1-16(2,3)11-12-22(17(4,5)6)13-14-7-9-15(10-8-14)18(19,20)21/h7-10H,11-13H2,1-6H3. The minimum absolute atomic E-state index is 0.0199. The molecule has 0 saturated heterocycles. The predicted molar refractivity (Wildman–Crippen MR) is 85.7 cm³/mol. The molecule has 0 heterocycles. The van der Waals surface area contributed by atoms with Crippen LogP contribution < -0.4 is 0 Å². The summed E-state index contributed by atoms with van der Waals surface area (Å²) in [5.74, 6) is 0. The highest BCUT2D eigenvalue weighted by atomic mass is 19.4. The Kier molecular flexibility index (Phi) is 5.71. The summed E-state index contributed by atoms with van der Waals surface area (Å²) in [6.07, 6.45) is -3.22. The lowest BCUT2D eigenvalue weighted by Crippen LogP contribution is -2.42. The second kappa shape index (κ2) is 6.61. The molecule has 4 heteroatoms. The molecule has 0 aromatic heterocycles. The van der Waals surface area contributed by atoms with Gasteiger partial charge in [-0.05, 0) is 56.8 Å². The van der Waals surface area contributed by atoms with Crippen molar-refractivity contribution in [1.29, 1.82) is 0 Å². The quantitative estimate of drug-likeness (QED) is 0.684. The molecule has 126 valence electrons. The molecule has 0 aliphatic rings. The molecule has 1 nitrogen and oxygen atoms in total. The van der Waals surface area contributed by atoms with Gasteiger partial charge in [0, 0.05) is 12.1 Å². The number of rotatable bonds is 4. The largest absolute Gasteiger partial charge is 0.416 e. The van der Waals surface area contributed by atoms with Crippen molar-refractivity contribution in [1.82, 2.24) is 4.90 Å². The lowest BCUT2D eigenvalue weighted by atomic mass is 9.91. The van der Waals surface area contributed by atoms with Gasteiger partial charge < -0.3 is 0 Å². The van der Waals surface area contributed by atoms with Crippen molar-refractivity contribution < 1.29 is 13.2 Å². The van der Waals surface area contributed by atoms with Gasteiger partial charge in [0.1, 0.15) is 0 Å². The topological polar surface area (TPSA) is 3.24 Å². The second-order valence-electron chi connectivity index (χ2n) is 8.10. The summed E-state index contributed by atoms with van der Waals surface area (Å²) in [5, 5.41) is 0. The van der Waals surface area contributed by atoms with Crippen LogP contribution >= 0.6 is 0 Å². The van der Waals surface area contributed by atoms with E-state index in [1.165, 1.54) is 12.1 Å². The Balaban J connectivity index is 2.82. The summed E-state index contributed by atoms with van der Waals surface area (Å²) >= 11 is 0. The maximum Gasteiger partial charge on any atom is 0.416 e. The molecule has 0 radical (unpaired) electrons. The lowest BCUT2D eigenvalue weighted by molar-refractivity contribution is -0.137. The van der Waals surface area contributed by atoms with Crippen LogP contribution in [0.2, 0.25) is 0 Å². The molecule has 0 amide bonds. The van der Waals surface area contributed by atoms with Crippen LogP contribution in [0.3, 0.4) is 0 Å². The van der Waals surface area contributed by atoms with E-state index in [1.807, 2.05) is 0 Å². The molecule has 0 saturated carbocycles. The lowest BCUT2D eigenvalue weighted by Gasteiger charge is -2.37. The molecule has 1 aromatic carbocycles. The van der Waals surface area contributed by atoms with Crippen LogP contribution in [0.1, 0.15) is 59.1 Å². The highest BCUT2D eigenvalue weighted by molar-refractivity contribution is 5.24. The molecule has 0 aliphatic carbocycles. The first-order valence-electron chi connectivity index (χ1n) is 7.70. The Morgan fingerprint density at radius 1 is 0.864 bits per heavy atom. The van der Waals surface area contributed by atoms with Crippen LogP contribution in [0.5, 0.6) is 0 Å². The van der Waals surface area contributed by atoms with E-state index in [0.29, 0.717) is 6.54 Å². The number of halogens is 3. The predicted octanol–water partition coefficient (Wildman–Crippen LogP) is 5.74. The molecule has 22 heavy (non-hydrogen) atoms. The molecule has 1 rings (SSSR count). The summed E-state index contributed by atoms with van der Waals surface area (Å²) in [6, 6.07) is 5.50. The first kappa shape index (κ1) is 19.0. The van der Waals surface area contributed by atoms with Crippen molar-refractivity contribution in [3.8, 4) is 0 Å². The number of benzene rings is 1. The highest BCUT2D eigenvalue weighted by Gasteiger charge is 2.30. The zero-order valence-corrected chi connectivity index (χ0v) is 14.5. The summed E-state index contributed by atoms with van der Waals surface area (Å²) < 4.78 is 37.8. The van der Waals surface area contributed by atoms with Crippen LogP contribution in [0.25, 0.3) is 0 Å². The Morgan fingerprint density at radius 2 is 1.36 bits per heavy atom. The fraction of sp³-hybridized carbons (Fsp3) is 0.667. The number of hydrogen-bond acceptors (Lipinski definition) is 1. The van der Waals surface area contributed by atoms with Crippen molar-refractivity contribution in [2.24, 2.45) is 5.41 Å². The maximum absolute atomic E-state index is 12.6. The molecular formula is C18H28F3N. The van der Waals surface area contributed by atoms with Gasteiger partial charge in [-0.15, -0.1) is 0 Å². The molecule has 0 aliphatic heterocycles. The summed E-state index contributed by atoms with van der Waals surface area (Å²) in [6.45, 7) is 14.6. The van der Waals surface area contributed by atoms with Gasteiger partial charge in [0.05, 0.1) is 5.56 Å². The van der Waals surface area contributed by atoms with Gasteiger partial charge in [-0.3, -0.25) is 4.90 Å². The van der Waals surface area contributed by atoms with E-state index in [2.05, 4.69) is 46.4 Å². The van der Waals surface area contributed by atoms with Gasteiger partial charge >= 0.3 is 6.18 Å². The van der Waals surface area contributed by atoms with Crippen molar-refractivity contribution in [2.75, 3.05) is 6.54 Å². The van der Waals surface area contributed by atoms with Crippen molar-refractivity contribution >= 4 is 0 Å². The van der Waals surface area contributed by atoms with Crippen LogP contribution in [-0.2, 0) is 12.7 Å². The monoisotopic (exact) mass is 315 g/mol. The molecule has 1 aromatic rings. The van der Waals surface area contributed by atoms with Gasteiger partial charge in [0.2, 0.25) is 0 Å². The van der Waals surface area contributed by atoms with Crippen molar-refractivity contribution in [3.63, 3.8) is 0 Å². The molecular weight excluding hydrogens is 287 g/mol. The van der Waals surface area contributed by atoms with E-state index in [1.54, 1.807) is 12.1 Å². The van der Waals surface area contributed by atoms with Crippen molar-refractivity contribution in [3.05, 3.63) is 35.4 Å². The Morgan fingerprint density at radius 3 is 1.73 bits per heavy atom. The molecule has 0 spiro atoms. The first-order valence-corrected chi connectivity index (χ1v) is 7.70. The molecule has 0 fully saturated rings. The maximum atomic E-state index is 12.6. The van der Waals surface area contributed by atoms with E-state index in [9.17, 15) is 13.2 Å². The van der Waals surface area contributed by atoms with Crippen LogP contribution in [0.4, 0.5) is 13.2 Å². The molecule has 0 bridgehead atoms.